The number of hydrogen-bond acceptors (Lipinski definition) is 1. The van der Waals surface area contributed by atoms with Gasteiger partial charge in [-0.3, -0.25) is 0 Å². The molecule has 1 unspecified atom stereocenters. The van der Waals surface area contributed by atoms with Crippen molar-refractivity contribution in [3.63, 3.8) is 0 Å². The van der Waals surface area contributed by atoms with Gasteiger partial charge in [-0.15, -0.1) is 0 Å². The van der Waals surface area contributed by atoms with E-state index < -0.39 is 0 Å². The second kappa shape index (κ2) is 6.37. The van der Waals surface area contributed by atoms with Crippen LogP contribution in [0.5, 0.6) is 0 Å². The van der Waals surface area contributed by atoms with Crippen molar-refractivity contribution >= 4 is 0 Å². The maximum absolute atomic E-state index is 5.22. The van der Waals surface area contributed by atoms with Crippen molar-refractivity contribution in [3.8, 4) is 0 Å². The minimum Gasteiger partial charge on any atom is -0.502 e. The fourth-order valence-corrected chi connectivity index (χ4v) is 1.58. The molecule has 0 saturated carbocycles. The Balaban J connectivity index is 2.75. The van der Waals surface area contributed by atoms with Gasteiger partial charge in [-0.05, 0) is 30.0 Å². The largest absolute Gasteiger partial charge is 0.502 e. The summed E-state index contributed by atoms with van der Waals surface area (Å²) in [4.78, 5) is 0. The minimum absolute atomic E-state index is 0.408. The van der Waals surface area contributed by atoms with Crippen LogP contribution < -0.4 is 0 Å². The van der Waals surface area contributed by atoms with Crippen LogP contribution in [0.2, 0.25) is 0 Å². The molecule has 1 heteroatoms. The van der Waals surface area contributed by atoms with Crippen molar-refractivity contribution in [3.05, 3.63) is 47.7 Å². The molecule has 16 heavy (non-hydrogen) atoms. The molecule has 0 heterocycles. The average molecular weight is 218 g/mol. The quantitative estimate of drug-likeness (QED) is 0.663. The molecule has 0 aromatic heterocycles. The molecule has 0 bridgehead atoms. The second-order valence-electron chi connectivity index (χ2n) is 4.40. The SMILES string of the molecule is CCOC=CC(C)c1cccc(C(C)C)c1. The van der Waals surface area contributed by atoms with Crippen LogP contribution in [0.1, 0.15) is 50.7 Å². The number of ether oxygens (including phenoxy) is 1. The van der Waals surface area contributed by atoms with E-state index in [1.54, 1.807) is 6.26 Å². The Morgan fingerprint density at radius 2 is 1.88 bits per heavy atom. The van der Waals surface area contributed by atoms with Gasteiger partial charge in [0.2, 0.25) is 0 Å². The maximum Gasteiger partial charge on any atom is 0.0845 e. The first kappa shape index (κ1) is 12.8. The van der Waals surface area contributed by atoms with E-state index in [4.69, 9.17) is 4.74 Å². The molecule has 0 saturated heterocycles. The van der Waals surface area contributed by atoms with Crippen molar-refractivity contribution in [1.29, 1.82) is 0 Å². The van der Waals surface area contributed by atoms with E-state index in [2.05, 4.69) is 51.1 Å². The summed E-state index contributed by atoms with van der Waals surface area (Å²) in [7, 11) is 0. The van der Waals surface area contributed by atoms with Crippen LogP contribution in [-0.4, -0.2) is 6.61 Å². The summed E-state index contributed by atoms with van der Waals surface area (Å²) in [5.74, 6) is 0.994. The summed E-state index contributed by atoms with van der Waals surface area (Å²) < 4.78 is 5.22. The zero-order chi connectivity index (χ0) is 12.0. The van der Waals surface area contributed by atoms with Crippen LogP contribution in [0, 0.1) is 0 Å². The summed E-state index contributed by atoms with van der Waals surface area (Å²) in [5, 5.41) is 0. The van der Waals surface area contributed by atoms with E-state index in [9.17, 15) is 0 Å². The zero-order valence-electron chi connectivity index (χ0n) is 10.7. The van der Waals surface area contributed by atoms with Gasteiger partial charge in [0.15, 0.2) is 0 Å². The first-order valence-corrected chi connectivity index (χ1v) is 6.03. The molecule has 0 fully saturated rings. The minimum atomic E-state index is 0.408. The Morgan fingerprint density at radius 3 is 2.50 bits per heavy atom. The fraction of sp³-hybridized carbons (Fsp3) is 0.467. The third kappa shape index (κ3) is 3.73. The van der Waals surface area contributed by atoms with Crippen LogP contribution in [0.3, 0.4) is 0 Å². The van der Waals surface area contributed by atoms with E-state index in [1.165, 1.54) is 11.1 Å². The molecule has 1 nitrogen and oxygen atoms in total. The van der Waals surface area contributed by atoms with Crippen LogP contribution in [-0.2, 0) is 4.74 Å². The molecular formula is C15H22O. The first-order chi connectivity index (χ1) is 7.65. The summed E-state index contributed by atoms with van der Waals surface area (Å²) in [5.41, 5.74) is 2.75. The highest BCUT2D eigenvalue weighted by molar-refractivity contribution is 5.29. The molecule has 0 aliphatic rings. The molecule has 0 amide bonds. The van der Waals surface area contributed by atoms with Crippen LogP contribution in [0.15, 0.2) is 36.6 Å². The van der Waals surface area contributed by atoms with E-state index in [1.807, 2.05) is 6.92 Å². The van der Waals surface area contributed by atoms with Crippen LogP contribution in [0.25, 0.3) is 0 Å². The molecule has 1 rings (SSSR count). The fourth-order valence-electron chi connectivity index (χ4n) is 1.58. The lowest BCUT2D eigenvalue weighted by molar-refractivity contribution is 0.267. The van der Waals surface area contributed by atoms with Crippen molar-refractivity contribution in [2.24, 2.45) is 0 Å². The first-order valence-electron chi connectivity index (χ1n) is 6.03. The highest BCUT2D eigenvalue weighted by atomic mass is 16.5. The van der Waals surface area contributed by atoms with Gasteiger partial charge in [-0.2, -0.15) is 0 Å². The lowest BCUT2D eigenvalue weighted by Crippen LogP contribution is -1.93. The van der Waals surface area contributed by atoms with Gasteiger partial charge in [0.05, 0.1) is 12.9 Å². The average Bonchev–Trinajstić information content (AvgIpc) is 2.29. The summed E-state index contributed by atoms with van der Waals surface area (Å²) in [6.07, 6.45) is 3.90. The Hall–Kier alpha value is -1.24. The third-order valence-corrected chi connectivity index (χ3v) is 2.73. The maximum atomic E-state index is 5.22. The number of rotatable bonds is 5. The third-order valence-electron chi connectivity index (χ3n) is 2.73. The highest BCUT2D eigenvalue weighted by Crippen LogP contribution is 2.21. The molecule has 0 spiro atoms. The summed E-state index contributed by atoms with van der Waals surface area (Å²) in [6, 6.07) is 8.78. The number of benzene rings is 1. The summed E-state index contributed by atoms with van der Waals surface area (Å²) >= 11 is 0. The predicted molar refractivity (Wildman–Crippen MR) is 69.7 cm³/mol. The smallest absolute Gasteiger partial charge is 0.0845 e. The number of hydrogen-bond donors (Lipinski definition) is 0. The molecule has 1 aromatic carbocycles. The number of allylic oxidation sites excluding steroid dienone is 1. The predicted octanol–water partition coefficient (Wildman–Crippen LogP) is 4.46. The lowest BCUT2D eigenvalue weighted by atomic mass is 9.95. The van der Waals surface area contributed by atoms with Gasteiger partial charge in [0, 0.05) is 5.92 Å². The van der Waals surface area contributed by atoms with Gasteiger partial charge < -0.3 is 4.74 Å². The van der Waals surface area contributed by atoms with Gasteiger partial charge in [0.25, 0.3) is 0 Å². The Kier molecular flexibility index (Phi) is 5.10. The highest BCUT2D eigenvalue weighted by Gasteiger charge is 2.04. The molecule has 1 aromatic rings. The van der Waals surface area contributed by atoms with E-state index in [-0.39, 0.29) is 0 Å². The van der Waals surface area contributed by atoms with Crippen molar-refractivity contribution in [2.45, 2.75) is 39.5 Å². The monoisotopic (exact) mass is 218 g/mol. The molecule has 0 radical (unpaired) electrons. The molecule has 88 valence electrons. The van der Waals surface area contributed by atoms with Crippen LogP contribution >= 0.6 is 0 Å². The van der Waals surface area contributed by atoms with Crippen molar-refractivity contribution in [1.82, 2.24) is 0 Å². The van der Waals surface area contributed by atoms with E-state index >= 15 is 0 Å². The standard InChI is InChI=1S/C15H22O/c1-5-16-10-9-13(4)15-8-6-7-14(11-15)12(2)3/h6-13H,5H2,1-4H3. The van der Waals surface area contributed by atoms with Gasteiger partial charge in [0.1, 0.15) is 0 Å². The van der Waals surface area contributed by atoms with Crippen LogP contribution in [0.4, 0.5) is 0 Å². The Bertz CT molecular complexity index is 339. The zero-order valence-corrected chi connectivity index (χ0v) is 10.7. The van der Waals surface area contributed by atoms with Gasteiger partial charge in [-0.1, -0.05) is 45.0 Å². The van der Waals surface area contributed by atoms with Gasteiger partial charge >= 0.3 is 0 Å². The molecular weight excluding hydrogens is 196 g/mol. The van der Waals surface area contributed by atoms with E-state index in [0.29, 0.717) is 11.8 Å². The molecule has 0 aliphatic heterocycles. The lowest BCUT2D eigenvalue weighted by Gasteiger charge is -2.11. The van der Waals surface area contributed by atoms with Gasteiger partial charge in [-0.25, -0.2) is 0 Å². The Labute approximate surface area is 99.1 Å². The molecule has 0 aliphatic carbocycles. The summed E-state index contributed by atoms with van der Waals surface area (Å²) in [6.45, 7) is 9.36. The van der Waals surface area contributed by atoms with Crippen molar-refractivity contribution in [2.75, 3.05) is 6.61 Å². The molecule has 0 N–H and O–H groups in total. The molecule has 1 atom stereocenters. The normalized spacial score (nSPS) is 13.3. The van der Waals surface area contributed by atoms with Crippen molar-refractivity contribution < 1.29 is 4.74 Å². The van der Waals surface area contributed by atoms with E-state index in [0.717, 1.165) is 6.61 Å². The topological polar surface area (TPSA) is 9.23 Å². The second-order valence-corrected chi connectivity index (χ2v) is 4.40. The Morgan fingerprint density at radius 1 is 1.19 bits per heavy atom.